The molecule has 4 rings (SSSR count). The molecule has 0 radical (unpaired) electrons. The zero-order valence-electron chi connectivity index (χ0n) is 14.7. The molecule has 9 heteroatoms. The zero-order valence-corrected chi connectivity index (χ0v) is 16.3. The lowest BCUT2D eigenvalue weighted by Gasteiger charge is -2.09. The highest BCUT2D eigenvalue weighted by Gasteiger charge is 2.24. The Kier molecular flexibility index (Phi) is 4.44. The average Bonchev–Trinajstić information content (AvgIpc) is 3.28. The number of rotatable bonds is 4. The molecule has 140 valence electrons. The predicted molar refractivity (Wildman–Crippen MR) is 109 cm³/mol. The van der Waals surface area contributed by atoms with Crippen molar-refractivity contribution >= 4 is 44.5 Å². The minimum Gasteiger partial charge on any atom is -0.364 e. The lowest BCUT2D eigenvalue weighted by molar-refractivity contribution is 0.0970. The van der Waals surface area contributed by atoms with Gasteiger partial charge >= 0.3 is 0 Å². The molecule has 0 atom stereocenters. The van der Waals surface area contributed by atoms with E-state index in [1.807, 2.05) is 43.3 Å². The van der Waals surface area contributed by atoms with Gasteiger partial charge in [-0.3, -0.25) is 14.2 Å². The third-order valence-electron chi connectivity index (χ3n) is 4.27. The number of amides is 2. The van der Waals surface area contributed by atoms with Gasteiger partial charge in [-0.05, 0) is 36.8 Å². The first-order valence-electron chi connectivity index (χ1n) is 8.34. The number of hydrogen-bond donors (Lipinski definition) is 3. The highest BCUT2D eigenvalue weighted by atomic mass is 79.9. The lowest BCUT2D eigenvalue weighted by atomic mass is 10.2. The minimum absolute atomic E-state index is 0.0517. The summed E-state index contributed by atoms with van der Waals surface area (Å²) in [6.45, 7) is 1.87. The van der Waals surface area contributed by atoms with Gasteiger partial charge in [0.1, 0.15) is 12.0 Å². The monoisotopic (exact) mass is 438 g/mol. The van der Waals surface area contributed by atoms with Crippen LogP contribution in [0.3, 0.4) is 0 Å². The molecular weight excluding hydrogens is 424 g/mol. The first-order valence-corrected chi connectivity index (χ1v) is 9.13. The van der Waals surface area contributed by atoms with Crippen molar-refractivity contribution in [2.45, 2.75) is 6.92 Å². The molecule has 2 aromatic heterocycles. The summed E-state index contributed by atoms with van der Waals surface area (Å²) in [5.74, 6) is -0.973. The second-order valence-electron chi connectivity index (χ2n) is 6.17. The molecule has 0 saturated heterocycles. The van der Waals surface area contributed by atoms with Gasteiger partial charge in [0.05, 0.1) is 11.0 Å². The van der Waals surface area contributed by atoms with Gasteiger partial charge in [-0.25, -0.2) is 9.97 Å². The standard InChI is InChI=1S/C19H15BrN6O2/c1-10-6-7-11(20)8-14(10)23-18(28)15-16(17(21)27)26(9-22-15)19-24-12-4-2-3-5-13(12)25-19/h2-9H,1H3,(H2,21,27)(H,23,28)(H,24,25). The molecule has 0 unspecified atom stereocenters. The van der Waals surface area contributed by atoms with Crippen LogP contribution in [0.5, 0.6) is 0 Å². The van der Waals surface area contributed by atoms with E-state index in [4.69, 9.17) is 5.73 Å². The van der Waals surface area contributed by atoms with Crippen molar-refractivity contribution in [3.63, 3.8) is 0 Å². The molecule has 2 heterocycles. The van der Waals surface area contributed by atoms with E-state index in [2.05, 4.69) is 36.2 Å². The summed E-state index contributed by atoms with van der Waals surface area (Å²) < 4.78 is 2.20. The van der Waals surface area contributed by atoms with E-state index in [9.17, 15) is 9.59 Å². The molecule has 2 aromatic carbocycles. The van der Waals surface area contributed by atoms with E-state index < -0.39 is 11.8 Å². The number of primary amides is 1. The number of halogens is 1. The quantitative estimate of drug-likeness (QED) is 0.453. The number of carbonyl (C=O) groups excluding carboxylic acids is 2. The Labute approximate surface area is 167 Å². The molecule has 0 aliphatic heterocycles. The van der Waals surface area contributed by atoms with Crippen molar-refractivity contribution < 1.29 is 9.59 Å². The van der Waals surface area contributed by atoms with E-state index in [1.165, 1.54) is 10.9 Å². The number of carbonyl (C=O) groups is 2. The largest absolute Gasteiger partial charge is 0.364 e. The van der Waals surface area contributed by atoms with Crippen LogP contribution in [0.1, 0.15) is 26.5 Å². The fourth-order valence-electron chi connectivity index (χ4n) is 2.87. The number of aryl methyl sites for hydroxylation is 1. The summed E-state index contributed by atoms with van der Waals surface area (Å²) >= 11 is 3.37. The van der Waals surface area contributed by atoms with E-state index in [0.29, 0.717) is 11.6 Å². The fourth-order valence-corrected chi connectivity index (χ4v) is 3.24. The van der Waals surface area contributed by atoms with E-state index in [0.717, 1.165) is 21.1 Å². The third kappa shape index (κ3) is 3.16. The highest BCUT2D eigenvalue weighted by Crippen LogP contribution is 2.22. The Balaban J connectivity index is 1.75. The third-order valence-corrected chi connectivity index (χ3v) is 4.76. The highest BCUT2D eigenvalue weighted by molar-refractivity contribution is 9.10. The molecule has 4 aromatic rings. The second kappa shape index (κ2) is 6.93. The van der Waals surface area contributed by atoms with Crippen LogP contribution in [0, 0.1) is 6.92 Å². The van der Waals surface area contributed by atoms with Crippen LogP contribution in [-0.4, -0.2) is 31.3 Å². The minimum atomic E-state index is -0.783. The first kappa shape index (κ1) is 17.9. The maximum absolute atomic E-state index is 12.8. The fraction of sp³-hybridized carbons (Fsp3) is 0.0526. The second-order valence-corrected chi connectivity index (χ2v) is 7.08. The molecule has 2 amide bonds. The molecule has 8 nitrogen and oxygen atoms in total. The number of imidazole rings is 2. The number of aromatic amines is 1. The zero-order chi connectivity index (χ0) is 19.8. The van der Waals surface area contributed by atoms with Gasteiger partial charge in [0.15, 0.2) is 5.69 Å². The van der Waals surface area contributed by atoms with Crippen molar-refractivity contribution in [2.24, 2.45) is 5.73 Å². The van der Waals surface area contributed by atoms with Crippen LogP contribution in [0.15, 0.2) is 53.3 Å². The van der Waals surface area contributed by atoms with Gasteiger partial charge in [-0.15, -0.1) is 0 Å². The summed E-state index contributed by atoms with van der Waals surface area (Å²) in [5.41, 5.74) is 8.40. The van der Waals surface area contributed by atoms with Gasteiger partial charge in [-0.1, -0.05) is 34.1 Å². The summed E-state index contributed by atoms with van der Waals surface area (Å²) in [5, 5.41) is 2.77. The molecule has 0 aliphatic rings. The van der Waals surface area contributed by atoms with Gasteiger partial charge in [0.25, 0.3) is 11.8 Å². The molecule has 0 saturated carbocycles. The number of nitrogens with zero attached hydrogens (tertiary/aromatic N) is 3. The van der Waals surface area contributed by atoms with Gasteiger partial charge < -0.3 is 16.0 Å². The first-order chi connectivity index (χ1) is 13.4. The summed E-state index contributed by atoms with van der Waals surface area (Å²) in [4.78, 5) is 36.5. The number of anilines is 1. The number of aromatic nitrogens is 4. The summed E-state index contributed by atoms with van der Waals surface area (Å²) in [7, 11) is 0. The van der Waals surface area contributed by atoms with E-state index in [-0.39, 0.29) is 11.4 Å². The number of nitrogens with two attached hydrogens (primary N) is 1. The topological polar surface area (TPSA) is 119 Å². The van der Waals surface area contributed by atoms with Crippen molar-refractivity contribution in [1.82, 2.24) is 19.5 Å². The number of benzene rings is 2. The van der Waals surface area contributed by atoms with Crippen LogP contribution in [-0.2, 0) is 0 Å². The molecule has 0 bridgehead atoms. The number of para-hydroxylation sites is 2. The summed E-state index contributed by atoms with van der Waals surface area (Å²) in [6, 6.07) is 12.9. The molecule has 28 heavy (non-hydrogen) atoms. The van der Waals surface area contributed by atoms with Gasteiger partial charge in [-0.2, -0.15) is 0 Å². The van der Waals surface area contributed by atoms with Crippen molar-refractivity contribution in [3.8, 4) is 5.95 Å². The van der Waals surface area contributed by atoms with Crippen LogP contribution < -0.4 is 11.1 Å². The van der Waals surface area contributed by atoms with E-state index >= 15 is 0 Å². The van der Waals surface area contributed by atoms with Gasteiger partial charge in [0, 0.05) is 10.2 Å². The number of nitrogens with one attached hydrogen (secondary N) is 2. The Bertz CT molecular complexity index is 1190. The lowest BCUT2D eigenvalue weighted by Crippen LogP contribution is -2.23. The molecule has 0 fully saturated rings. The number of H-pyrrole nitrogens is 1. The van der Waals surface area contributed by atoms with Crippen LogP contribution in [0.4, 0.5) is 5.69 Å². The molecule has 0 spiro atoms. The molecule has 4 N–H and O–H groups in total. The van der Waals surface area contributed by atoms with E-state index in [1.54, 1.807) is 6.07 Å². The van der Waals surface area contributed by atoms with Crippen LogP contribution >= 0.6 is 15.9 Å². The number of fused-ring (bicyclic) bond motifs is 1. The molecule has 0 aliphatic carbocycles. The Morgan fingerprint density at radius 3 is 2.75 bits per heavy atom. The van der Waals surface area contributed by atoms with Crippen molar-refractivity contribution in [1.29, 1.82) is 0 Å². The average molecular weight is 439 g/mol. The van der Waals surface area contributed by atoms with Crippen LogP contribution in [0.2, 0.25) is 0 Å². The predicted octanol–water partition coefficient (Wildman–Crippen LogP) is 3.17. The van der Waals surface area contributed by atoms with Crippen molar-refractivity contribution in [2.75, 3.05) is 5.32 Å². The van der Waals surface area contributed by atoms with Crippen LogP contribution in [0.25, 0.3) is 17.0 Å². The van der Waals surface area contributed by atoms with Gasteiger partial charge in [0.2, 0.25) is 5.95 Å². The SMILES string of the molecule is Cc1ccc(Br)cc1NC(=O)c1ncn(-c2nc3ccccc3[nH]2)c1C(N)=O. The summed E-state index contributed by atoms with van der Waals surface area (Å²) in [6.07, 6.45) is 1.35. The van der Waals surface area contributed by atoms with Crippen molar-refractivity contribution in [3.05, 3.63) is 70.2 Å². The normalized spacial score (nSPS) is 10.9. The Morgan fingerprint density at radius 2 is 2.00 bits per heavy atom. The Morgan fingerprint density at radius 1 is 1.21 bits per heavy atom. The molecular formula is C19H15BrN6O2. The maximum atomic E-state index is 12.8. The Hall–Kier alpha value is -3.46. The number of hydrogen-bond acceptors (Lipinski definition) is 4. The maximum Gasteiger partial charge on any atom is 0.276 e. The smallest absolute Gasteiger partial charge is 0.276 e.